The van der Waals surface area contributed by atoms with E-state index in [1.807, 2.05) is 0 Å². The zero-order chi connectivity index (χ0) is 17.1. The molecule has 0 radical (unpaired) electrons. The SMILES string of the molecule is CCN(CC)CCCN1C(=O)CSC1c1cn(C)c2ccccc12. The van der Waals surface area contributed by atoms with Crippen molar-refractivity contribution in [3.63, 3.8) is 0 Å². The molecule has 0 N–H and O–H groups in total. The van der Waals surface area contributed by atoms with Crippen molar-refractivity contribution in [2.24, 2.45) is 7.05 Å². The molecule has 1 aliphatic heterocycles. The zero-order valence-electron chi connectivity index (χ0n) is 14.9. The van der Waals surface area contributed by atoms with Crippen LogP contribution in [0.1, 0.15) is 31.2 Å². The average Bonchev–Trinajstić information content (AvgIpc) is 3.13. The van der Waals surface area contributed by atoms with Crippen molar-refractivity contribution >= 4 is 28.6 Å². The summed E-state index contributed by atoms with van der Waals surface area (Å²) in [7, 11) is 2.08. The fourth-order valence-corrected chi connectivity index (χ4v) is 4.76. The van der Waals surface area contributed by atoms with E-state index in [4.69, 9.17) is 0 Å². The number of hydrogen-bond donors (Lipinski definition) is 0. The number of benzene rings is 1. The summed E-state index contributed by atoms with van der Waals surface area (Å²) in [6, 6.07) is 8.46. The van der Waals surface area contributed by atoms with Gasteiger partial charge in [0.2, 0.25) is 5.91 Å². The van der Waals surface area contributed by atoms with Crippen LogP contribution >= 0.6 is 11.8 Å². The Morgan fingerprint density at radius 1 is 1.25 bits per heavy atom. The summed E-state index contributed by atoms with van der Waals surface area (Å²) in [5.74, 6) is 0.872. The van der Waals surface area contributed by atoms with Crippen LogP contribution in [0.2, 0.25) is 0 Å². The van der Waals surface area contributed by atoms with Crippen LogP contribution in [-0.2, 0) is 11.8 Å². The number of carbonyl (C=O) groups excluding carboxylic acids is 1. The Balaban J connectivity index is 1.77. The lowest BCUT2D eigenvalue weighted by molar-refractivity contribution is -0.128. The summed E-state index contributed by atoms with van der Waals surface area (Å²) in [5.41, 5.74) is 2.50. The number of para-hydroxylation sites is 1. The molecule has 1 aromatic carbocycles. The van der Waals surface area contributed by atoms with Crippen molar-refractivity contribution in [3.05, 3.63) is 36.0 Å². The van der Waals surface area contributed by atoms with Crippen LogP contribution in [0.15, 0.2) is 30.5 Å². The topological polar surface area (TPSA) is 28.5 Å². The Morgan fingerprint density at radius 2 is 2.00 bits per heavy atom. The van der Waals surface area contributed by atoms with Gasteiger partial charge >= 0.3 is 0 Å². The smallest absolute Gasteiger partial charge is 0.233 e. The first-order valence-corrected chi connectivity index (χ1v) is 9.88. The van der Waals surface area contributed by atoms with Gasteiger partial charge in [-0.2, -0.15) is 0 Å². The zero-order valence-corrected chi connectivity index (χ0v) is 15.7. The van der Waals surface area contributed by atoms with Crippen molar-refractivity contribution in [1.82, 2.24) is 14.4 Å². The molecule has 4 nitrogen and oxygen atoms in total. The molecule has 0 saturated carbocycles. The maximum atomic E-state index is 12.4. The van der Waals surface area contributed by atoms with Crippen LogP contribution in [0, 0.1) is 0 Å². The van der Waals surface area contributed by atoms with Crippen LogP contribution in [0.4, 0.5) is 0 Å². The van der Waals surface area contributed by atoms with E-state index in [0.29, 0.717) is 5.75 Å². The van der Waals surface area contributed by atoms with Crippen molar-refractivity contribution in [3.8, 4) is 0 Å². The number of nitrogens with zero attached hydrogens (tertiary/aromatic N) is 3. The summed E-state index contributed by atoms with van der Waals surface area (Å²) in [6.45, 7) is 8.44. The summed E-state index contributed by atoms with van der Waals surface area (Å²) in [6.07, 6.45) is 3.23. The highest BCUT2D eigenvalue weighted by Crippen LogP contribution is 2.42. The Hall–Kier alpha value is -1.46. The summed E-state index contributed by atoms with van der Waals surface area (Å²) >= 11 is 1.76. The van der Waals surface area contributed by atoms with Gasteiger partial charge in [0.15, 0.2) is 0 Å². The molecule has 3 rings (SSSR count). The highest BCUT2D eigenvalue weighted by Gasteiger charge is 2.34. The number of rotatable bonds is 7. The summed E-state index contributed by atoms with van der Waals surface area (Å²) in [4.78, 5) is 16.9. The van der Waals surface area contributed by atoms with E-state index in [1.165, 1.54) is 16.5 Å². The molecule has 1 amide bonds. The number of hydrogen-bond acceptors (Lipinski definition) is 3. The molecule has 1 aliphatic rings. The van der Waals surface area contributed by atoms with Gasteiger partial charge in [0, 0.05) is 36.3 Å². The van der Waals surface area contributed by atoms with E-state index in [1.54, 1.807) is 11.8 Å². The van der Waals surface area contributed by atoms with Gasteiger partial charge in [-0.1, -0.05) is 32.0 Å². The Labute approximate surface area is 148 Å². The molecule has 1 saturated heterocycles. The third-order valence-electron chi connectivity index (χ3n) is 4.93. The first-order valence-electron chi connectivity index (χ1n) is 8.83. The highest BCUT2D eigenvalue weighted by atomic mass is 32.2. The third-order valence-corrected chi connectivity index (χ3v) is 6.17. The van der Waals surface area contributed by atoms with Crippen molar-refractivity contribution in [2.45, 2.75) is 25.6 Å². The third kappa shape index (κ3) is 3.33. The Bertz CT molecular complexity index is 708. The van der Waals surface area contributed by atoms with Gasteiger partial charge in [-0.15, -0.1) is 11.8 Å². The fourth-order valence-electron chi connectivity index (χ4n) is 3.53. The van der Waals surface area contributed by atoms with Crippen molar-refractivity contribution in [1.29, 1.82) is 0 Å². The molecule has 1 aromatic heterocycles. The first-order chi connectivity index (χ1) is 11.7. The lowest BCUT2D eigenvalue weighted by atomic mass is 10.1. The first kappa shape index (κ1) is 17.4. The molecule has 1 unspecified atom stereocenters. The second-order valence-corrected chi connectivity index (χ2v) is 7.41. The van der Waals surface area contributed by atoms with Gasteiger partial charge < -0.3 is 14.4 Å². The Kier molecular flexibility index (Phi) is 5.51. The fraction of sp³-hybridized carbons (Fsp3) is 0.526. The highest BCUT2D eigenvalue weighted by molar-refractivity contribution is 8.00. The molecule has 0 aliphatic carbocycles. The van der Waals surface area contributed by atoms with Crippen LogP contribution < -0.4 is 0 Å². The molecule has 1 atom stereocenters. The van der Waals surface area contributed by atoms with E-state index in [0.717, 1.165) is 32.6 Å². The Morgan fingerprint density at radius 3 is 2.75 bits per heavy atom. The summed E-state index contributed by atoms with van der Waals surface area (Å²) < 4.78 is 2.17. The quantitative estimate of drug-likeness (QED) is 0.769. The summed E-state index contributed by atoms with van der Waals surface area (Å²) in [5, 5.41) is 1.42. The number of fused-ring (bicyclic) bond motifs is 1. The number of carbonyl (C=O) groups is 1. The molecular formula is C19H27N3OS. The number of aryl methyl sites for hydroxylation is 1. The van der Waals surface area contributed by atoms with Gasteiger partial charge in [0.1, 0.15) is 5.37 Å². The van der Waals surface area contributed by atoms with Crippen LogP contribution in [0.3, 0.4) is 0 Å². The lowest BCUT2D eigenvalue weighted by Gasteiger charge is -2.25. The predicted molar refractivity (Wildman–Crippen MR) is 102 cm³/mol. The van der Waals surface area contributed by atoms with E-state index in [-0.39, 0.29) is 11.3 Å². The maximum Gasteiger partial charge on any atom is 0.233 e. The van der Waals surface area contributed by atoms with Gasteiger partial charge in [-0.3, -0.25) is 4.79 Å². The second-order valence-electron chi connectivity index (χ2n) is 6.34. The number of thioether (sulfide) groups is 1. The minimum atomic E-state index is 0.153. The van der Waals surface area contributed by atoms with Crippen LogP contribution in [0.5, 0.6) is 0 Å². The van der Waals surface area contributed by atoms with Gasteiger partial charge in [0.05, 0.1) is 5.75 Å². The van der Waals surface area contributed by atoms with E-state index >= 15 is 0 Å². The minimum Gasteiger partial charge on any atom is -0.350 e. The van der Waals surface area contributed by atoms with Crippen molar-refractivity contribution in [2.75, 3.05) is 31.9 Å². The molecule has 5 heteroatoms. The average molecular weight is 346 g/mol. The molecule has 0 bridgehead atoms. The van der Waals surface area contributed by atoms with Gasteiger partial charge in [0.25, 0.3) is 0 Å². The van der Waals surface area contributed by atoms with E-state index in [9.17, 15) is 4.79 Å². The second kappa shape index (κ2) is 7.62. The number of aromatic nitrogens is 1. The predicted octanol–water partition coefficient (Wildman–Crippen LogP) is 3.48. The molecule has 130 valence electrons. The molecule has 2 aromatic rings. The molecule has 1 fully saturated rings. The minimum absolute atomic E-state index is 0.153. The molecule has 0 spiro atoms. The van der Waals surface area contributed by atoms with E-state index in [2.05, 4.69) is 65.7 Å². The molecule has 2 heterocycles. The maximum absolute atomic E-state index is 12.4. The van der Waals surface area contributed by atoms with Crippen LogP contribution in [-0.4, -0.2) is 52.2 Å². The van der Waals surface area contributed by atoms with Crippen molar-refractivity contribution < 1.29 is 4.79 Å². The standard InChI is InChI=1S/C19H27N3OS/c1-4-21(5-2)11-8-12-22-18(23)14-24-19(22)16-13-20(3)17-10-7-6-9-15(16)17/h6-7,9-10,13,19H,4-5,8,11-12,14H2,1-3H3. The monoisotopic (exact) mass is 345 g/mol. The largest absolute Gasteiger partial charge is 0.350 e. The van der Waals surface area contributed by atoms with Crippen LogP contribution in [0.25, 0.3) is 10.9 Å². The van der Waals surface area contributed by atoms with Gasteiger partial charge in [-0.05, 0) is 32.1 Å². The van der Waals surface area contributed by atoms with Gasteiger partial charge in [-0.25, -0.2) is 0 Å². The number of amides is 1. The lowest BCUT2D eigenvalue weighted by Crippen LogP contribution is -2.32. The van der Waals surface area contributed by atoms with E-state index < -0.39 is 0 Å². The molecular weight excluding hydrogens is 318 g/mol. The molecule has 24 heavy (non-hydrogen) atoms. The normalized spacial score (nSPS) is 18.2.